The first-order valence-electron chi connectivity index (χ1n) is 7.14. The van der Waals surface area contributed by atoms with Gasteiger partial charge in [-0.05, 0) is 19.4 Å². The molecule has 1 aliphatic rings. The number of hydrogen-bond acceptors (Lipinski definition) is 5. The summed E-state index contributed by atoms with van der Waals surface area (Å²) >= 11 is 0. The Balaban J connectivity index is 1.58. The molecular weight excluding hydrogens is 270 g/mol. The molecule has 0 aliphatic carbocycles. The summed E-state index contributed by atoms with van der Waals surface area (Å²) < 4.78 is 4.98. The van der Waals surface area contributed by atoms with E-state index in [1.807, 2.05) is 11.8 Å². The van der Waals surface area contributed by atoms with Gasteiger partial charge in [-0.25, -0.2) is 4.98 Å². The van der Waals surface area contributed by atoms with E-state index in [-0.39, 0.29) is 5.91 Å². The number of hydrogen-bond donors (Lipinski definition) is 1. The van der Waals surface area contributed by atoms with Gasteiger partial charge in [-0.1, -0.05) is 0 Å². The van der Waals surface area contributed by atoms with Crippen LogP contribution in [0.15, 0.2) is 23.0 Å². The number of furan rings is 1. The zero-order valence-electron chi connectivity index (χ0n) is 12.1. The summed E-state index contributed by atoms with van der Waals surface area (Å²) in [6.45, 7) is 5.88. The van der Waals surface area contributed by atoms with Gasteiger partial charge in [-0.2, -0.15) is 5.10 Å². The molecule has 0 spiro atoms. The summed E-state index contributed by atoms with van der Waals surface area (Å²) in [5.41, 5.74) is 0.619. The van der Waals surface area contributed by atoms with Gasteiger partial charge >= 0.3 is 0 Å². The molecule has 2 aromatic rings. The molecule has 0 radical (unpaired) electrons. The Morgan fingerprint density at radius 1 is 1.38 bits per heavy atom. The van der Waals surface area contributed by atoms with E-state index in [1.54, 1.807) is 6.07 Å². The Morgan fingerprint density at radius 2 is 2.29 bits per heavy atom. The first-order chi connectivity index (χ1) is 10.2. The van der Waals surface area contributed by atoms with Gasteiger partial charge in [0, 0.05) is 26.2 Å². The van der Waals surface area contributed by atoms with Crippen molar-refractivity contribution in [2.45, 2.75) is 19.9 Å². The molecule has 0 bridgehead atoms. The first-order valence-corrected chi connectivity index (χ1v) is 7.14. The van der Waals surface area contributed by atoms with Crippen molar-refractivity contribution in [2.24, 2.45) is 0 Å². The van der Waals surface area contributed by atoms with Gasteiger partial charge in [0.1, 0.15) is 12.1 Å². The zero-order chi connectivity index (χ0) is 14.7. The number of carbonyl (C=O) groups excluding carboxylic acids is 1. The molecule has 0 saturated carbocycles. The molecule has 7 heteroatoms. The molecule has 1 fully saturated rings. The maximum absolute atomic E-state index is 12.3. The van der Waals surface area contributed by atoms with Gasteiger partial charge in [-0.15, -0.1) is 0 Å². The number of rotatable bonds is 3. The molecule has 0 unspecified atom stereocenters. The number of aryl methyl sites for hydroxylation is 1. The maximum Gasteiger partial charge on any atom is 0.257 e. The highest BCUT2D eigenvalue weighted by Gasteiger charge is 2.21. The molecule has 0 atom stereocenters. The monoisotopic (exact) mass is 289 g/mol. The van der Waals surface area contributed by atoms with E-state index in [9.17, 15) is 4.79 Å². The van der Waals surface area contributed by atoms with Crippen molar-refractivity contribution in [2.75, 3.05) is 26.2 Å². The van der Waals surface area contributed by atoms with Crippen molar-refractivity contribution in [3.05, 3.63) is 35.8 Å². The van der Waals surface area contributed by atoms with E-state index in [4.69, 9.17) is 4.42 Å². The van der Waals surface area contributed by atoms with Crippen LogP contribution in [0.2, 0.25) is 0 Å². The van der Waals surface area contributed by atoms with Crippen molar-refractivity contribution < 1.29 is 9.21 Å². The second-order valence-corrected chi connectivity index (χ2v) is 5.27. The fourth-order valence-electron chi connectivity index (χ4n) is 2.56. The lowest BCUT2D eigenvalue weighted by atomic mass is 10.3. The average molecular weight is 289 g/mol. The second-order valence-electron chi connectivity index (χ2n) is 5.27. The van der Waals surface area contributed by atoms with Crippen molar-refractivity contribution in [3.63, 3.8) is 0 Å². The summed E-state index contributed by atoms with van der Waals surface area (Å²) in [5, 5.41) is 7.02. The summed E-state index contributed by atoms with van der Waals surface area (Å²) in [6, 6.07) is 1.71. The molecule has 3 rings (SSSR count). The summed E-state index contributed by atoms with van der Waals surface area (Å²) in [6.07, 6.45) is 3.98. The van der Waals surface area contributed by atoms with Gasteiger partial charge in [-0.3, -0.25) is 14.8 Å². The van der Waals surface area contributed by atoms with Gasteiger partial charge < -0.3 is 9.32 Å². The van der Waals surface area contributed by atoms with Gasteiger partial charge in [0.2, 0.25) is 0 Å². The largest absolute Gasteiger partial charge is 0.472 e. The highest BCUT2D eigenvalue weighted by Crippen LogP contribution is 2.11. The van der Waals surface area contributed by atoms with Crippen LogP contribution in [0.5, 0.6) is 0 Å². The van der Waals surface area contributed by atoms with Gasteiger partial charge in [0.25, 0.3) is 5.91 Å². The van der Waals surface area contributed by atoms with Crippen LogP contribution < -0.4 is 0 Å². The number of nitrogens with one attached hydrogen (secondary N) is 1. The molecule has 1 N–H and O–H groups in total. The van der Waals surface area contributed by atoms with Crippen LogP contribution in [0.1, 0.15) is 28.4 Å². The van der Waals surface area contributed by atoms with Crippen LogP contribution >= 0.6 is 0 Å². The minimum absolute atomic E-state index is 0.0411. The third-order valence-corrected chi connectivity index (χ3v) is 3.65. The van der Waals surface area contributed by atoms with Crippen LogP contribution in [-0.2, 0) is 6.54 Å². The maximum atomic E-state index is 12.3. The van der Waals surface area contributed by atoms with E-state index >= 15 is 0 Å². The number of amides is 1. The lowest BCUT2D eigenvalue weighted by Gasteiger charge is -2.20. The SMILES string of the molecule is Cc1nc(CN2CCCN(C(=O)c3ccoc3)CC2)n[nH]1. The van der Waals surface area contributed by atoms with E-state index in [0.29, 0.717) is 12.1 Å². The van der Waals surface area contributed by atoms with E-state index in [2.05, 4.69) is 20.1 Å². The third-order valence-electron chi connectivity index (χ3n) is 3.65. The molecule has 1 amide bonds. The fraction of sp³-hybridized carbons (Fsp3) is 0.500. The van der Waals surface area contributed by atoms with Crippen molar-refractivity contribution in [3.8, 4) is 0 Å². The highest BCUT2D eigenvalue weighted by molar-refractivity contribution is 5.93. The normalized spacial score (nSPS) is 16.9. The standard InChI is InChI=1S/C14H19N5O2/c1-11-15-13(17-16-11)9-18-4-2-5-19(7-6-18)14(20)12-3-8-21-10-12/h3,8,10H,2,4-7,9H2,1H3,(H,15,16,17). The van der Waals surface area contributed by atoms with Crippen LogP contribution in [0.4, 0.5) is 0 Å². The number of aromatic nitrogens is 3. The summed E-state index contributed by atoms with van der Waals surface area (Å²) in [7, 11) is 0. The fourth-order valence-corrected chi connectivity index (χ4v) is 2.56. The molecule has 112 valence electrons. The number of aromatic amines is 1. The third kappa shape index (κ3) is 3.30. The average Bonchev–Trinajstić information content (AvgIpc) is 3.08. The van der Waals surface area contributed by atoms with E-state index in [0.717, 1.165) is 44.2 Å². The van der Waals surface area contributed by atoms with Crippen LogP contribution in [0.25, 0.3) is 0 Å². The lowest BCUT2D eigenvalue weighted by Crippen LogP contribution is -2.35. The molecule has 3 heterocycles. The molecule has 1 saturated heterocycles. The quantitative estimate of drug-likeness (QED) is 0.914. The smallest absolute Gasteiger partial charge is 0.257 e. The predicted molar refractivity (Wildman–Crippen MR) is 75.6 cm³/mol. The highest BCUT2D eigenvalue weighted by atomic mass is 16.3. The van der Waals surface area contributed by atoms with Crippen molar-refractivity contribution in [1.82, 2.24) is 25.0 Å². The number of carbonyl (C=O) groups is 1. The zero-order valence-corrected chi connectivity index (χ0v) is 12.1. The van der Waals surface area contributed by atoms with Crippen LogP contribution in [0.3, 0.4) is 0 Å². The Kier molecular flexibility index (Phi) is 4.01. The lowest BCUT2D eigenvalue weighted by molar-refractivity contribution is 0.0760. The topological polar surface area (TPSA) is 78.3 Å². The van der Waals surface area contributed by atoms with E-state index < -0.39 is 0 Å². The molecule has 2 aromatic heterocycles. The Labute approximate surface area is 122 Å². The van der Waals surface area contributed by atoms with Crippen LogP contribution in [0, 0.1) is 6.92 Å². The molecule has 1 aliphatic heterocycles. The summed E-state index contributed by atoms with van der Waals surface area (Å²) in [5.74, 6) is 1.68. The molecule has 21 heavy (non-hydrogen) atoms. The number of H-pyrrole nitrogens is 1. The Morgan fingerprint density at radius 3 is 3.00 bits per heavy atom. The van der Waals surface area contributed by atoms with Crippen molar-refractivity contribution in [1.29, 1.82) is 0 Å². The Hall–Kier alpha value is -2.15. The predicted octanol–water partition coefficient (Wildman–Crippen LogP) is 1.05. The minimum Gasteiger partial charge on any atom is -0.472 e. The number of nitrogens with zero attached hydrogens (tertiary/aromatic N) is 4. The van der Waals surface area contributed by atoms with Crippen LogP contribution in [-0.4, -0.2) is 57.1 Å². The molecule has 7 nitrogen and oxygen atoms in total. The molecule has 0 aromatic carbocycles. The van der Waals surface area contributed by atoms with Gasteiger partial charge in [0.05, 0.1) is 18.4 Å². The minimum atomic E-state index is 0.0411. The van der Waals surface area contributed by atoms with E-state index in [1.165, 1.54) is 12.5 Å². The summed E-state index contributed by atoms with van der Waals surface area (Å²) in [4.78, 5) is 20.8. The first kappa shape index (κ1) is 13.8. The van der Waals surface area contributed by atoms with Crippen molar-refractivity contribution >= 4 is 5.91 Å². The second kappa shape index (κ2) is 6.09. The van der Waals surface area contributed by atoms with Gasteiger partial charge in [0.15, 0.2) is 5.82 Å². The molecular formula is C14H19N5O2. The Bertz CT molecular complexity index is 592.